The maximum atomic E-state index is 13.0. The van der Waals surface area contributed by atoms with Crippen LogP contribution in [-0.2, 0) is 42.2 Å². The fraction of sp³-hybridized carbons (Fsp3) is 0.750. The van der Waals surface area contributed by atoms with Gasteiger partial charge in [-0.1, -0.05) is 241 Å². The van der Waals surface area contributed by atoms with Crippen LogP contribution in [0.4, 0.5) is 0 Å². The second-order valence-electron chi connectivity index (χ2n) is 21.5. The van der Waals surface area contributed by atoms with Crippen LogP contribution in [0.15, 0.2) is 85.1 Å². The van der Waals surface area contributed by atoms with Gasteiger partial charge in [0.05, 0.1) is 19.8 Å². The molecule has 80 heavy (non-hydrogen) atoms. The predicted molar refractivity (Wildman–Crippen MR) is 334 cm³/mol. The van der Waals surface area contributed by atoms with Crippen molar-refractivity contribution in [1.29, 1.82) is 0 Å². The minimum Gasteiger partial charge on any atom is -0.462 e. The van der Waals surface area contributed by atoms with Gasteiger partial charge in [0.1, 0.15) is 12.7 Å². The minimum absolute atomic E-state index is 0.153. The molecular formula is C68H119O11P. The number of aliphatic hydroxyl groups excluding tert-OH is 1. The molecule has 0 heterocycles. The molecule has 0 aromatic heterocycles. The molecule has 462 valence electrons. The molecule has 0 amide bonds. The van der Waals surface area contributed by atoms with E-state index in [4.69, 9.17) is 23.3 Å². The van der Waals surface area contributed by atoms with Crippen LogP contribution in [0.1, 0.15) is 290 Å². The van der Waals surface area contributed by atoms with Crippen molar-refractivity contribution in [3.8, 4) is 0 Å². The monoisotopic (exact) mass is 1140 g/mol. The first-order valence-corrected chi connectivity index (χ1v) is 34.0. The van der Waals surface area contributed by atoms with E-state index in [0.29, 0.717) is 19.3 Å². The van der Waals surface area contributed by atoms with E-state index in [1.165, 1.54) is 103 Å². The maximum Gasteiger partial charge on any atom is 0.472 e. The summed E-state index contributed by atoms with van der Waals surface area (Å²) in [7, 11) is -4.76. The number of hydrogen-bond acceptors (Lipinski definition) is 10. The Morgan fingerprint density at radius 2 is 0.650 bits per heavy atom. The van der Waals surface area contributed by atoms with Crippen molar-refractivity contribution in [2.24, 2.45) is 0 Å². The SMILES string of the molecule is CC/C=C\C/C=C\C/C=C\CCCCCCCCCC(=O)OC(COC(=O)CCCCCCCCCCC/C=C\C/C=C\CCCCC)COP(=O)(O)OCC(CO)OC(=O)CCCCCCCCC/C=C\C/C=C\CCCCC. The molecule has 0 aromatic carbocycles. The minimum atomic E-state index is -4.76. The fourth-order valence-electron chi connectivity index (χ4n) is 8.84. The molecule has 0 saturated carbocycles. The van der Waals surface area contributed by atoms with E-state index in [-0.39, 0.29) is 25.9 Å². The van der Waals surface area contributed by atoms with Crippen LogP contribution in [0.25, 0.3) is 0 Å². The Morgan fingerprint density at radius 3 is 1.00 bits per heavy atom. The molecule has 0 radical (unpaired) electrons. The number of hydrogen-bond donors (Lipinski definition) is 2. The standard InChI is InChI=1S/C68H119O11P/c1-4-7-10-13-16-19-22-25-28-31-32-35-36-39-42-45-48-51-54-57-66(70)75-61-65(79-68(72)59-56-53-50-47-44-41-38-34-30-27-24-21-18-15-12-9-6-3)63-77-80(73,74)76-62-64(60-69)78-67(71)58-55-52-49-46-43-40-37-33-29-26-23-20-17-14-11-8-5-2/h9,12,16-21,25-30,64-65,69H,4-8,10-11,13-15,22-24,31-63H2,1-3H3,(H,73,74)/b12-9-,19-16-,20-17-,21-18-,28-25-,29-26-,30-27-. The molecule has 2 N–H and O–H groups in total. The van der Waals surface area contributed by atoms with Crippen LogP contribution in [0.3, 0.4) is 0 Å². The van der Waals surface area contributed by atoms with E-state index in [1.807, 2.05) is 0 Å². The van der Waals surface area contributed by atoms with Crippen molar-refractivity contribution in [1.82, 2.24) is 0 Å². The fourth-order valence-corrected chi connectivity index (χ4v) is 9.63. The largest absolute Gasteiger partial charge is 0.472 e. The maximum absolute atomic E-state index is 13.0. The highest BCUT2D eigenvalue weighted by molar-refractivity contribution is 7.47. The van der Waals surface area contributed by atoms with E-state index in [9.17, 15) is 28.9 Å². The van der Waals surface area contributed by atoms with Gasteiger partial charge in [0.2, 0.25) is 0 Å². The van der Waals surface area contributed by atoms with Crippen LogP contribution in [0.2, 0.25) is 0 Å². The lowest BCUT2D eigenvalue weighted by molar-refractivity contribution is -0.161. The van der Waals surface area contributed by atoms with Crippen molar-refractivity contribution in [3.05, 3.63) is 85.1 Å². The topological polar surface area (TPSA) is 155 Å². The Labute approximate surface area is 490 Å². The van der Waals surface area contributed by atoms with Crippen molar-refractivity contribution < 1.29 is 52.2 Å². The van der Waals surface area contributed by atoms with Gasteiger partial charge in [0.15, 0.2) is 6.10 Å². The van der Waals surface area contributed by atoms with Gasteiger partial charge in [-0.2, -0.15) is 0 Å². The van der Waals surface area contributed by atoms with Gasteiger partial charge in [-0.25, -0.2) is 4.57 Å². The molecule has 0 spiro atoms. The van der Waals surface area contributed by atoms with Gasteiger partial charge in [-0.15, -0.1) is 0 Å². The summed E-state index contributed by atoms with van der Waals surface area (Å²) in [5, 5.41) is 9.86. The van der Waals surface area contributed by atoms with E-state index >= 15 is 0 Å². The van der Waals surface area contributed by atoms with Gasteiger partial charge in [0.25, 0.3) is 0 Å². The lowest BCUT2D eigenvalue weighted by Gasteiger charge is -2.21. The predicted octanol–water partition coefficient (Wildman–Crippen LogP) is 19.8. The van der Waals surface area contributed by atoms with E-state index in [1.54, 1.807) is 0 Å². The third kappa shape index (κ3) is 59.3. The number of allylic oxidation sites excluding steroid dienone is 14. The van der Waals surface area contributed by atoms with Gasteiger partial charge in [-0.3, -0.25) is 23.4 Å². The molecule has 0 aliphatic carbocycles. The van der Waals surface area contributed by atoms with Gasteiger partial charge >= 0.3 is 25.7 Å². The number of aliphatic hydroxyl groups is 1. The Hall–Kier alpha value is -3.34. The first-order chi connectivity index (χ1) is 39.2. The van der Waals surface area contributed by atoms with E-state index < -0.39 is 57.8 Å². The third-order valence-electron chi connectivity index (χ3n) is 13.8. The smallest absolute Gasteiger partial charge is 0.462 e. The molecule has 0 aliphatic heterocycles. The summed E-state index contributed by atoms with van der Waals surface area (Å²) < 4.78 is 39.7. The molecular weight excluding hydrogens is 1020 g/mol. The highest BCUT2D eigenvalue weighted by atomic mass is 31.2. The Morgan fingerprint density at radius 1 is 0.362 bits per heavy atom. The second-order valence-corrected chi connectivity index (χ2v) is 23.0. The molecule has 0 bridgehead atoms. The quantitative estimate of drug-likeness (QED) is 0.0197. The van der Waals surface area contributed by atoms with Crippen molar-refractivity contribution in [2.75, 3.05) is 26.4 Å². The van der Waals surface area contributed by atoms with Crippen LogP contribution in [0, 0.1) is 0 Å². The van der Waals surface area contributed by atoms with Crippen LogP contribution < -0.4 is 0 Å². The third-order valence-corrected chi connectivity index (χ3v) is 14.7. The summed E-state index contributed by atoms with van der Waals surface area (Å²) in [4.78, 5) is 48.8. The van der Waals surface area contributed by atoms with Gasteiger partial charge < -0.3 is 24.2 Å². The normalized spacial score (nSPS) is 13.8. The lowest BCUT2D eigenvalue weighted by Crippen LogP contribution is -2.30. The summed E-state index contributed by atoms with van der Waals surface area (Å²) >= 11 is 0. The lowest BCUT2D eigenvalue weighted by atomic mass is 10.1. The number of rotatable bonds is 60. The Kier molecular flexibility index (Phi) is 59.1. The van der Waals surface area contributed by atoms with Crippen molar-refractivity contribution >= 4 is 25.7 Å². The summed E-state index contributed by atoms with van der Waals surface area (Å²) in [6.07, 6.45) is 72.4. The molecule has 11 nitrogen and oxygen atoms in total. The van der Waals surface area contributed by atoms with Crippen LogP contribution >= 0.6 is 7.82 Å². The molecule has 3 unspecified atom stereocenters. The first kappa shape index (κ1) is 76.7. The average Bonchev–Trinajstić information content (AvgIpc) is 3.45. The Balaban J connectivity index is 4.71. The summed E-state index contributed by atoms with van der Waals surface area (Å²) in [5.74, 6) is -1.48. The number of esters is 3. The summed E-state index contributed by atoms with van der Waals surface area (Å²) in [6.45, 7) is 4.50. The molecule has 0 aromatic rings. The van der Waals surface area contributed by atoms with E-state index in [0.717, 1.165) is 128 Å². The summed E-state index contributed by atoms with van der Waals surface area (Å²) in [6, 6.07) is 0. The average molecular weight is 1140 g/mol. The van der Waals surface area contributed by atoms with Gasteiger partial charge in [-0.05, 0) is 116 Å². The zero-order valence-electron chi connectivity index (χ0n) is 51.3. The number of unbranched alkanes of at least 4 members (excludes halogenated alkanes) is 29. The van der Waals surface area contributed by atoms with Crippen LogP contribution in [-0.4, -0.2) is 66.5 Å². The highest BCUT2D eigenvalue weighted by Gasteiger charge is 2.28. The number of phosphoric acid groups is 1. The number of carbonyl (C=O) groups is 3. The first-order valence-electron chi connectivity index (χ1n) is 32.5. The van der Waals surface area contributed by atoms with Crippen LogP contribution in [0.5, 0.6) is 0 Å². The van der Waals surface area contributed by atoms with Gasteiger partial charge in [0, 0.05) is 19.3 Å². The summed E-state index contributed by atoms with van der Waals surface area (Å²) in [5.41, 5.74) is 0. The van der Waals surface area contributed by atoms with E-state index in [2.05, 4.69) is 106 Å². The Bertz CT molecular complexity index is 1670. The molecule has 0 rings (SSSR count). The zero-order valence-corrected chi connectivity index (χ0v) is 52.2. The number of phosphoric ester groups is 1. The molecule has 3 atom stereocenters. The van der Waals surface area contributed by atoms with Crippen molar-refractivity contribution in [2.45, 2.75) is 303 Å². The second kappa shape index (κ2) is 61.7. The van der Waals surface area contributed by atoms with Crippen molar-refractivity contribution in [3.63, 3.8) is 0 Å². The highest BCUT2D eigenvalue weighted by Crippen LogP contribution is 2.43. The zero-order chi connectivity index (χ0) is 58.3. The number of ether oxygens (including phenoxy) is 3. The molecule has 0 aliphatic rings. The molecule has 0 saturated heterocycles. The molecule has 0 fully saturated rings. The molecule has 12 heteroatoms. The number of carbonyl (C=O) groups excluding carboxylic acids is 3.